The SMILES string of the molecule is Cc1oc(C)c(C(=O)Nc2ccc(O)cc2)c1C. The number of carbonyl (C=O) groups is 1. The topological polar surface area (TPSA) is 62.5 Å². The largest absolute Gasteiger partial charge is 0.508 e. The highest BCUT2D eigenvalue weighted by molar-refractivity contribution is 6.06. The minimum absolute atomic E-state index is 0.166. The van der Waals surface area contributed by atoms with E-state index in [2.05, 4.69) is 5.32 Å². The van der Waals surface area contributed by atoms with Gasteiger partial charge in [-0.2, -0.15) is 0 Å². The zero-order valence-corrected chi connectivity index (χ0v) is 10.6. The molecule has 2 N–H and O–H groups in total. The number of nitrogens with one attached hydrogen (secondary N) is 1. The Morgan fingerprint density at radius 3 is 2.22 bits per heavy atom. The molecule has 0 aliphatic carbocycles. The normalized spacial score (nSPS) is 10.4. The Kier molecular flexibility index (Phi) is 3.10. The number of hydrogen-bond acceptors (Lipinski definition) is 3. The number of furan rings is 1. The molecule has 0 aliphatic heterocycles. The minimum atomic E-state index is -0.201. The summed E-state index contributed by atoms with van der Waals surface area (Å²) < 4.78 is 5.42. The molecule has 18 heavy (non-hydrogen) atoms. The van der Waals surface area contributed by atoms with Crippen molar-refractivity contribution in [1.29, 1.82) is 0 Å². The number of aryl methyl sites for hydroxylation is 2. The first-order valence-electron chi connectivity index (χ1n) is 5.66. The molecule has 0 saturated carbocycles. The predicted octanol–water partition coefficient (Wildman–Crippen LogP) is 3.16. The molecule has 1 heterocycles. The van der Waals surface area contributed by atoms with Gasteiger partial charge in [-0.1, -0.05) is 0 Å². The lowest BCUT2D eigenvalue weighted by atomic mass is 10.1. The molecular weight excluding hydrogens is 230 g/mol. The van der Waals surface area contributed by atoms with Gasteiger partial charge in [0.25, 0.3) is 5.91 Å². The first kappa shape index (κ1) is 12.2. The lowest BCUT2D eigenvalue weighted by molar-refractivity contribution is 0.102. The van der Waals surface area contributed by atoms with Gasteiger partial charge in [0, 0.05) is 11.3 Å². The molecule has 0 unspecified atom stereocenters. The Hall–Kier alpha value is -2.23. The number of amides is 1. The van der Waals surface area contributed by atoms with Crippen molar-refractivity contribution in [2.75, 3.05) is 5.32 Å². The number of phenols is 1. The molecule has 1 amide bonds. The molecule has 0 spiro atoms. The van der Waals surface area contributed by atoms with Crippen LogP contribution in [-0.2, 0) is 0 Å². The van der Waals surface area contributed by atoms with Crippen LogP contribution >= 0.6 is 0 Å². The van der Waals surface area contributed by atoms with E-state index in [4.69, 9.17) is 4.42 Å². The molecule has 0 fully saturated rings. The van der Waals surface area contributed by atoms with Gasteiger partial charge >= 0.3 is 0 Å². The average molecular weight is 245 g/mol. The molecule has 94 valence electrons. The van der Waals surface area contributed by atoms with Crippen LogP contribution in [0.4, 0.5) is 5.69 Å². The van der Waals surface area contributed by atoms with E-state index in [1.807, 2.05) is 13.8 Å². The Balaban J connectivity index is 2.24. The van der Waals surface area contributed by atoms with E-state index in [1.165, 1.54) is 12.1 Å². The maximum atomic E-state index is 12.1. The van der Waals surface area contributed by atoms with Gasteiger partial charge in [0.05, 0.1) is 5.56 Å². The number of rotatable bonds is 2. The third-order valence-corrected chi connectivity index (χ3v) is 2.91. The van der Waals surface area contributed by atoms with Crippen LogP contribution in [0.2, 0.25) is 0 Å². The number of benzene rings is 1. The van der Waals surface area contributed by atoms with Gasteiger partial charge in [-0.25, -0.2) is 0 Å². The Bertz CT molecular complexity index is 582. The number of hydrogen-bond donors (Lipinski definition) is 2. The molecule has 2 rings (SSSR count). The summed E-state index contributed by atoms with van der Waals surface area (Å²) in [6.07, 6.45) is 0. The van der Waals surface area contributed by atoms with Crippen molar-refractivity contribution in [3.05, 3.63) is 46.9 Å². The fraction of sp³-hybridized carbons (Fsp3) is 0.214. The van der Waals surface area contributed by atoms with E-state index in [-0.39, 0.29) is 11.7 Å². The van der Waals surface area contributed by atoms with E-state index >= 15 is 0 Å². The van der Waals surface area contributed by atoms with Crippen LogP contribution in [0, 0.1) is 20.8 Å². The second kappa shape index (κ2) is 4.56. The lowest BCUT2D eigenvalue weighted by Crippen LogP contribution is -2.13. The maximum absolute atomic E-state index is 12.1. The zero-order valence-electron chi connectivity index (χ0n) is 10.6. The van der Waals surface area contributed by atoms with E-state index < -0.39 is 0 Å². The van der Waals surface area contributed by atoms with Crippen molar-refractivity contribution in [2.45, 2.75) is 20.8 Å². The highest BCUT2D eigenvalue weighted by Crippen LogP contribution is 2.22. The molecule has 0 radical (unpaired) electrons. The standard InChI is InChI=1S/C14H15NO3/c1-8-9(2)18-10(3)13(8)14(17)15-11-4-6-12(16)7-5-11/h4-7,16H,1-3H3,(H,15,17). The van der Waals surface area contributed by atoms with Gasteiger partial charge in [0.2, 0.25) is 0 Å². The van der Waals surface area contributed by atoms with Crippen LogP contribution in [0.15, 0.2) is 28.7 Å². The summed E-state index contributed by atoms with van der Waals surface area (Å²) in [6.45, 7) is 5.46. The summed E-state index contributed by atoms with van der Waals surface area (Å²) in [5, 5.41) is 11.9. The Labute approximate surface area is 105 Å². The van der Waals surface area contributed by atoms with Crippen molar-refractivity contribution in [3.8, 4) is 5.75 Å². The van der Waals surface area contributed by atoms with Crippen LogP contribution in [-0.4, -0.2) is 11.0 Å². The van der Waals surface area contributed by atoms with Crippen molar-refractivity contribution < 1.29 is 14.3 Å². The number of aromatic hydroxyl groups is 1. The Morgan fingerprint density at radius 2 is 1.72 bits per heavy atom. The maximum Gasteiger partial charge on any atom is 0.259 e. The second-order valence-corrected chi connectivity index (χ2v) is 4.22. The fourth-order valence-electron chi connectivity index (χ4n) is 1.87. The molecule has 2 aromatic rings. The summed E-state index contributed by atoms with van der Waals surface area (Å²) in [5.74, 6) is 1.33. The highest BCUT2D eigenvalue weighted by atomic mass is 16.3. The van der Waals surface area contributed by atoms with E-state index in [9.17, 15) is 9.90 Å². The van der Waals surface area contributed by atoms with Crippen molar-refractivity contribution >= 4 is 11.6 Å². The number of anilines is 1. The molecule has 0 atom stereocenters. The quantitative estimate of drug-likeness (QED) is 0.799. The summed E-state index contributed by atoms with van der Waals surface area (Å²) >= 11 is 0. The fourth-order valence-corrected chi connectivity index (χ4v) is 1.87. The van der Waals surface area contributed by atoms with Crippen LogP contribution in [0.5, 0.6) is 5.75 Å². The van der Waals surface area contributed by atoms with Crippen molar-refractivity contribution in [3.63, 3.8) is 0 Å². The molecule has 4 heteroatoms. The van der Waals surface area contributed by atoms with Crippen LogP contribution in [0.25, 0.3) is 0 Å². The van der Waals surface area contributed by atoms with Crippen LogP contribution in [0.1, 0.15) is 27.4 Å². The third kappa shape index (κ3) is 2.22. The van der Waals surface area contributed by atoms with Gasteiger partial charge in [-0.15, -0.1) is 0 Å². The van der Waals surface area contributed by atoms with E-state index in [1.54, 1.807) is 19.1 Å². The van der Waals surface area contributed by atoms with Gasteiger partial charge < -0.3 is 14.8 Å². The van der Waals surface area contributed by atoms with Gasteiger partial charge in [-0.3, -0.25) is 4.79 Å². The van der Waals surface area contributed by atoms with Crippen LogP contribution < -0.4 is 5.32 Å². The van der Waals surface area contributed by atoms with Crippen molar-refractivity contribution in [2.24, 2.45) is 0 Å². The van der Waals surface area contributed by atoms with Crippen LogP contribution in [0.3, 0.4) is 0 Å². The molecule has 0 saturated heterocycles. The smallest absolute Gasteiger partial charge is 0.259 e. The lowest BCUT2D eigenvalue weighted by Gasteiger charge is -2.05. The van der Waals surface area contributed by atoms with E-state index in [0.717, 1.165) is 11.3 Å². The van der Waals surface area contributed by atoms with Gasteiger partial charge in [0.15, 0.2) is 0 Å². The molecule has 0 bridgehead atoms. The average Bonchev–Trinajstić information content (AvgIpc) is 2.56. The first-order valence-corrected chi connectivity index (χ1v) is 5.66. The zero-order chi connectivity index (χ0) is 13.3. The van der Waals surface area contributed by atoms with E-state index in [0.29, 0.717) is 17.0 Å². The summed E-state index contributed by atoms with van der Waals surface area (Å²) in [5.41, 5.74) is 2.06. The monoisotopic (exact) mass is 245 g/mol. The predicted molar refractivity (Wildman–Crippen MR) is 69.0 cm³/mol. The summed E-state index contributed by atoms with van der Waals surface area (Å²) in [6, 6.07) is 6.33. The molecular formula is C14H15NO3. The van der Waals surface area contributed by atoms with Gasteiger partial charge in [0.1, 0.15) is 17.3 Å². The number of phenolic OH excluding ortho intramolecular Hbond substituents is 1. The summed E-state index contributed by atoms with van der Waals surface area (Å²) in [7, 11) is 0. The first-order chi connectivity index (χ1) is 8.49. The number of carbonyl (C=O) groups excluding carboxylic acids is 1. The van der Waals surface area contributed by atoms with Crippen molar-refractivity contribution in [1.82, 2.24) is 0 Å². The Morgan fingerprint density at radius 1 is 1.11 bits per heavy atom. The van der Waals surface area contributed by atoms with Gasteiger partial charge in [-0.05, 0) is 45.0 Å². The highest BCUT2D eigenvalue weighted by Gasteiger charge is 2.18. The molecule has 0 aliphatic rings. The molecule has 1 aromatic carbocycles. The third-order valence-electron chi connectivity index (χ3n) is 2.91. The second-order valence-electron chi connectivity index (χ2n) is 4.22. The summed E-state index contributed by atoms with van der Waals surface area (Å²) in [4.78, 5) is 12.1. The molecule has 1 aromatic heterocycles. The molecule has 4 nitrogen and oxygen atoms in total. The minimum Gasteiger partial charge on any atom is -0.508 e.